The number of hydrogen-bond donors (Lipinski definition) is 0. The van der Waals surface area contributed by atoms with Gasteiger partial charge in [0.25, 0.3) is 0 Å². The summed E-state index contributed by atoms with van der Waals surface area (Å²) in [5.74, 6) is 0.854. The van der Waals surface area contributed by atoms with Crippen LogP contribution < -0.4 is 29.6 Å². The van der Waals surface area contributed by atoms with Gasteiger partial charge in [0.1, 0.15) is 0 Å². The van der Waals surface area contributed by atoms with Gasteiger partial charge in [-0.05, 0) is 0 Å². The Morgan fingerprint density at radius 1 is 1.29 bits per heavy atom. The topological polar surface area (TPSA) is 0 Å². The van der Waals surface area contributed by atoms with Crippen LogP contribution in [0, 0.1) is 5.41 Å². The first-order valence-corrected chi connectivity index (χ1v) is 2.72. The van der Waals surface area contributed by atoms with E-state index < -0.39 is 0 Å². The van der Waals surface area contributed by atoms with Gasteiger partial charge in [0.05, 0.1) is 0 Å². The average Bonchev–Trinajstić information content (AvgIpc) is 1.35. The Balaban J connectivity index is 0. The molecule has 0 atom stereocenters. The summed E-state index contributed by atoms with van der Waals surface area (Å²) in [6.07, 6.45) is 0. The van der Waals surface area contributed by atoms with Gasteiger partial charge in [-0.15, -0.1) is 0 Å². The normalized spacial score (nSPS) is 10.3. The molecule has 0 radical (unpaired) electrons. The van der Waals surface area contributed by atoms with Crippen molar-refractivity contribution in [2.45, 2.75) is 20.8 Å². The molecule has 0 rings (SSSR count). The summed E-state index contributed by atoms with van der Waals surface area (Å²) >= 11 is 4.79. The summed E-state index contributed by atoms with van der Waals surface area (Å²) in [5, 5.41) is 0. The minimum atomic E-state index is 0. The van der Waals surface area contributed by atoms with Crippen LogP contribution in [0.25, 0.3) is 0 Å². The summed E-state index contributed by atoms with van der Waals surface area (Å²) in [6, 6.07) is 0. The van der Waals surface area contributed by atoms with E-state index in [0.717, 1.165) is 5.75 Å². The smallest absolute Gasteiger partial charge is 0.792 e. The van der Waals surface area contributed by atoms with Crippen molar-refractivity contribution < 1.29 is 29.6 Å². The molecule has 0 aliphatic rings. The summed E-state index contributed by atoms with van der Waals surface area (Å²) < 4.78 is 0. The third kappa shape index (κ3) is 11.1. The zero-order chi connectivity index (χ0) is 5.21. The minimum Gasteiger partial charge on any atom is -0.792 e. The molecule has 0 aromatic carbocycles. The van der Waals surface area contributed by atoms with Crippen LogP contribution in [-0.2, 0) is 12.6 Å². The summed E-state index contributed by atoms with van der Waals surface area (Å²) in [7, 11) is 0. The Morgan fingerprint density at radius 2 is 1.43 bits per heavy atom. The third-order valence-electron chi connectivity index (χ3n) is 0.433. The fraction of sp³-hybridized carbons (Fsp3) is 1.00. The fourth-order valence-corrected chi connectivity index (χ4v) is 0. The molecule has 0 amide bonds. The minimum absolute atomic E-state index is 0. The van der Waals surface area contributed by atoms with Gasteiger partial charge in [0.2, 0.25) is 0 Å². The molecule has 7 heavy (non-hydrogen) atoms. The first-order chi connectivity index (χ1) is 2.56. The van der Waals surface area contributed by atoms with E-state index in [9.17, 15) is 0 Å². The molecule has 2 heteroatoms. The maximum absolute atomic E-state index is 4.79. The van der Waals surface area contributed by atoms with Gasteiger partial charge >= 0.3 is 29.6 Å². The molecule has 0 nitrogen and oxygen atoms in total. The first-order valence-electron chi connectivity index (χ1n) is 2.14. The van der Waals surface area contributed by atoms with Crippen molar-refractivity contribution in [3.63, 3.8) is 0 Å². The maximum Gasteiger partial charge on any atom is 1.00 e. The first kappa shape index (κ1) is 11.2. The van der Waals surface area contributed by atoms with Gasteiger partial charge in [0, 0.05) is 0 Å². The standard InChI is InChI=1S/C5H12S.Na/c1-5(2,3)4-6;/h6H,4H2,1-3H3;/q;+1/p-1. The van der Waals surface area contributed by atoms with Gasteiger partial charge < -0.3 is 12.6 Å². The van der Waals surface area contributed by atoms with E-state index in [4.69, 9.17) is 12.6 Å². The SMILES string of the molecule is CC(C)(C)C[S-].[Na+]. The van der Waals surface area contributed by atoms with E-state index in [1.165, 1.54) is 0 Å². The largest absolute Gasteiger partial charge is 1.00 e. The summed E-state index contributed by atoms with van der Waals surface area (Å²) in [6.45, 7) is 6.42. The van der Waals surface area contributed by atoms with Gasteiger partial charge in [-0.1, -0.05) is 26.2 Å². The van der Waals surface area contributed by atoms with Crippen molar-refractivity contribution in [2.75, 3.05) is 5.75 Å². The van der Waals surface area contributed by atoms with Crippen LogP contribution in [0.5, 0.6) is 0 Å². The Morgan fingerprint density at radius 3 is 1.43 bits per heavy atom. The van der Waals surface area contributed by atoms with Crippen LogP contribution in [-0.4, -0.2) is 5.75 Å². The predicted octanol–water partition coefficient (Wildman–Crippen LogP) is -1.42. The molecular formula is C5H11NaS. The van der Waals surface area contributed by atoms with E-state index >= 15 is 0 Å². The second-order valence-corrected chi connectivity index (χ2v) is 2.99. The van der Waals surface area contributed by atoms with E-state index in [1.807, 2.05) is 0 Å². The van der Waals surface area contributed by atoms with Crippen molar-refractivity contribution in [1.82, 2.24) is 0 Å². The molecule has 0 aliphatic heterocycles. The number of rotatable bonds is 0. The second kappa shape index (κ2) is 4.25. The molecular weight excluding hydrogens is 115 g/mol. The van der Waals surface area contributed by atoms with E-state index in [2.05, 4.69) is 20.8 Å². The van der Waals surface area contributed by atoms with Crippen molar-refractivity contribution in [1.29, 1.82) is 0 Å². The molecule has 0 fully saturated rings. The van der Waals surface area contributed by atoms with Gasteiger partial charge in [0.15, 0.2) is 0 Å². The fourth-order valence-electron chi connectivity index (χ4n) is 0. The van der Waals surface area contributed by atoms with Crippen molar-refractivity contribution >= 4 is 12.6 Å². The molecule has 38 valence electrons. The molecule has 0 bridgehead atoms. The van der Waals surface area contributed by atoms with Crippen LogP contribution in [0.3, 0.4) is 0 Å². The Kier molecular flexibility index (Phi) is 6.79. The third-order valence-corrected chi connectivity index (χ3v) is 1.30. The average molecular weight is 126 g/mol. The van der Waals surface area contributed by atoms with Crippen LogP contribution in [0.4, 0.5) is 0 Å². The van der Waals surface area contributed by atoms with Gasteiger partial charge in [-0.25, -0.2) is 0 Å². The van der Waals surface area contributed by atoms with Crippen LogP contribution in [0.2, 0.25) is 0 Å². The molecule has 0 saturated carbocycles. The molecule has 0 aromatic rings. The van der Waals surface area contributed by atoms with E-state index in [1.54, 1.807) is 0 Å². The van der Waals surface area contributed by atoms with Crippen molar-refractivity contribution in [2.24, 2.45) is 5.41 Å². The molecule has 0 aromatic heterocycles. The van der Waals surface area contributed by atoms with Crippen molar-refractivity contribution in [3.05, 3.63) is 0 Å². The summed E-state index contributed by atoms with van der Waals surface area (Å²) in [4.78, 5) is 0. The molecule has 0 unspecified atom stereocenters. The molecule has 0 N–H and O–H groups in total. The van der Waals surface area contributed by atoms with Gasteiger partial charge in [-0.2, -0.15) is 5.75 Å². The number of hydrogen-bond acceptors (Lipinski definition) is 1. The zero-order valence-corrected chi connectivity index (χ0v) is 8.43. The molecule has 0 aliphatic carbocycles. The van der Waals surface area contributed by atoms with Crippen molar-refractivity contribution in [3.8, 4) is 0 Å². The predicted molar refractivity (Wildman–Crippen MR) is 31.7 cm³/mol. The Bertz CT molecular complexity index is 37.8. The van der Waals surface area contributed by atoms with Gasteiger partial charge in [-0.3, -0.25) is 0 Å². The van der Waals surface area contributed by atoms with Crippen LogP contribution in [0.15, 0.2) is 0 Å². The Hall–Kier alpha value is 1.35. The monoisotopic (exact) mass is 126 g/mol. The van der Waals surface area contributed by atoms with E-state index in [-0.39, 0.29) is 29.6 Å². The molecule has 0 saturated heterocycles. The van der Waals surface area contributed by atoms with Crippen LogP contribution >= 0.6 is 0 Å². The molecule has 0 spiro atoms. The maximum atomic E-state index is 4.79. The molecule has 0 heterocycles. The van der Waals surface area contributed by atoms with Crippen LogP contribution in [0.1, 0.15) is 20.8 Å². The second-order valence-electron chi connectivity index (χ2n) is 2.70. The van der Waals surface area contributed by atoms with E-state index in [0.29, 0.717) is 5.41 Å². The Labute approximate surface area is 73.8 Å². The quantitative estimate of drug-likeness (QED) is 0.284. The summed E-state index contributed by atoms with van der Waals surface area (Å²) in [5.41, 5.74) is 0.356. The zero-order valence-electron chi connectivity index (χ0n) is 5.62.